The lowest BCUT2D eigenvalue weighted by molar-refractivity contribution is 0.205. The highest BCUT2D eigenvalue weighted by Crippen LogP contribution is 2.11. The molecule has 0 amide bonds. The average Bonchev–Trinajstić information content (AvgIpc) is 2.40. The summed E-state index contributed by atoms with van der Waals surface area (Å²) in [4.78, 5) is 6.93. The fourth-order valence-corrected chi connectivity index (χ4v) is 1.87. The molecule has 0 spiro atoms. The van der Waals surface area contributed by atoms with Crippen LogP contribution in [-0.4, -0.2) is 38.3 Å². The van der Waals surface area contributed by atoms with Crippen LogP contribution in [0.2, 0.25) is 0 Å². The van der Waals surface area contributed by atoms with Crippen LogP contribution < -0.4 is 10.2 Å². The Balaban J connectivity index is 2.58. The Morgan fingerprint density at radius 2 is 2.16 bits per heavy atom. The van der Waals surface area contributed by atoms with Crippen LogP contribution in [0.3, 0.4) is 0 Å². The van der Waals surface area contributed by atoms with E-state index in [-0.39, 0.29) is 0 Å². The molecule has 1 rings (SSSR count). The molecule has 0 saturated heterocycles. The lowest BCUT2D eigenvalue weighted by Gasteiger charge is -2.22. The maximum absolute atomic E-state index is 5.14. The molecular formula is C15H27N3O. The molecule has 1 aromatic heterocycles. The Bertz CT molecular complexity index is 355. The number of ether oxygens (including phenoxy) is 1. The third kappa shape index (κ3) is 6.03. The highest BCUT2D eigenvalue weighted by Gasteiger charge is 2.06. The number of likely N-dealkylation sites (N-methyl/N-ethyl adjacent to an activating group) is 1. The molecule has 4 heteroatoms. The normalized spacial score (nSPS) is 11.0. The Morgan fingerprint density at radius 3 is 2.79 bits per heavy atom. The predicted molar refractivity (Wildman–Crippen MR) is 80.5 cm³/mol. The molecule has 4 nitrogen and oxygen atoms in total. The quantitative estimate of drug-likeness (QED) is 0.743. The molecule has 0 fully saturated rings. The van der Waals surface area contributed by atoms with Gasteiger partial charge in [-0.05, 0) is 31.5 Å². The van der Waals surface area contributed by atoms with Crippen molar-refractivity contribution in [2.45, 2.75) is 27.3 Å². The monoisotopic (exact) mass is 265 g/mol. The van der Waals surface area contributed by atoms with Crippen molar-refractivity contribution in [3.05, 3.63) is 23.9 Å². The fraction of sp³-hybridized carbons (Fsp3) is 0.667. The predicted octanol–water partition coefficient (Wildman–Crippen LogP) is 2.30. The minimum Gasteiger partial charge on any atom is -0.383 e. The number of nitrogens with one attached hydrogen (secondary N) is 1. The van der Waals surface area contributed by atoms with Gasteiger partial charge in [0.05, 0.1) is 12.3 Å². The zero-order chi connectivity index (χ0) is 14.1. The largest absolute Gasteiger partial charge is 0.383 e. The van der Waals surface area contributed by atoms with E-state index in [1.807, 2.05) is 0 Å². The first kappa shape index (κ1) is 15.9. The highest BCUT2D eigenvalue weighted by molar-refractivity contribution is 5.39. The summed E-state index contributed by atoms with van der Waals surface area (Å²) in [7, 11) is 1.73. The molecular weight excluding hydrogens is 238 g/mol. The number of nitrogens with zero attached hydrogens (tertiary/aromatic N) is 2. The zero-order valence-electron chi connectivity index (χ0n) is 12.6. The smallest absolute Gasteiger partial charge is 0.128 e. The van der Waals surface area contributed by atoms with Crippen molar-refractivity contribution < 1.29 is 4.74 Å². The van der Waals surface area contributed by atoms with E-state index in [0.29, 0.717) is 5.92 Å². The van der Waals surface area contributed by atoms with Crippen LogP contribution in [0.5, 0.6) is 0 Å². The molecule has 1 heterocycles. The van der Waals surface area contributed by atoms with Crippen molar-refractivity contribution >= 4 is 5.82 Å². The minimum atomic E-state index is 0.664. The van der Waals surface area contributed by atoms with Crippen molar-refractivity contribution in [2.24, 2.45) is 5.92 Å². The number of hydrogen-bond acceptors (Lipinski definition) is 4. The van der Waals surface area contributed by atoms with Crippen molar-refractivity contribution in [2.75, 3.05) is 38.3 Å². The molecule has 1 aromatic rings. The summed E-state index contributed by atoms with van der Waals surface area (Å²) in [6.45, 7) is 11.0. The van der Waals surface area contributed by atoms with Crippen molar-refractivity contribution in [3.8, 4) is 0 Å². The number of pyridine rings is 1. The summed E-state index contributed by atoms with van der Waals surface area (Å²) in [6.07, 6.45) is 0. The molecule has 0 aliphatic carbocycles. The molecule has 0 bridgehead atoms. The molecule has 19 heavy (non-hydrogen) atoms. The van der Waals surface area contributed by atoms with E-state index >= 15 is 0 Å². The molecule has 1 N–H and O–H groups in total. The lowest BCUT2D eigenvalue weighted by Crippen LogP contribution is -2.28. The first-order valence-electron chi connectivity index (χ1n) is 7.07. The summed E-state index contributed by atoms with van der Waals surface area (Å²) in [5.41, 5.74) is 1.09. The maximum atomic E-state index is 5.14. The van der Waals surface area contributed by atoms with E-state index in [1.54, 1.807) is 7.11 Å². The summed E-state index contributed by atoms with van der Waals surface area (Å²) in [6, 6.07) is 6.20. The van der Waals surface area contributed by atoms with Gasteiger partial charge >= 0.3 is 0 Å². The first-order valence-corrected chi connectivity index (χ1v) is 7.07. The van der Waals surface area contributed by atoms with Gasteiger partial charge in [-0.25, -0.2) is 4.98 Å². The van der Waals surface area contributed by atoms with Gasteiger partial charge in [0, 0.05) is 26.7 Å². The van der Waals surface area contributed by atoms with Gasteiger partial charge in [-0.3, -0.25) is 0 Å². The molecule has 0 atom stereocenters. The molecule has 0 radical (unpaired) electrons. The second-order valence-electron chi connectivity index (χ2n) is 5.08. The summed E-state index contributed by atoms with van der Waals surface area (Å²) in [5.74, 6) is 1.69. The summed E-state index contributed by atoms with van der Waals surface area (Å²) in [5, 5.41) is 3.42. The van der Waals surface area contributed by atoms with Crippen LogP contribution in [0, 0.1) is 5.92 Å². The third-order valence-electron chi connectivity index (χ3n) is 2.92. The van der Waals surface area contributed by atoms with Crippen LogP contribution in [0.15, 0.2) is 18.2 Å². The summed E-state index contributed by atoms with van der Waals surface area (Å²) < 4.78 is 5.14. The van der Waals surface area contributed by atoms with Gasteiger partial charge < -0.3 is 15.0 Å². The van der Waals surface area contributed by atoms with E-state index in [2.05, 4.69) is 49.2 Å². The Labute approximate surface area is 117 Å². The van der Waals surface area contributed by atoms with Gasteiger partial charge in [0.1, 0.15) is 5.82 Å². The van der Waals surface area contributed by atoms with E-state index in [4.69, 9.17) is 9.72 Å². The van der Waals surface area contributed by atoms with Crippen molar-refractivity contribution in [3.63, 3.8) is 0 Å². The van der Waals surface area contributed by atoms with E-state index < -0.39 is 0 Å². The Hall–Kier alpha value is -1.13. The van der Waals surface area contributed by atoms with Gasteiger partial charge in [-0.2, -0.15) is 0 Å². The SMILES string of the molecule is CCN(CCOC)c1cccc(CNCC(C)C)n1. The van der Waals surface area contributed by atoms with Gasteiger partial charge in [-0.15, -0.1) is 0 Å². The van der Waals surface area contributed by atoms with Crippen LogP contribution >= 0.6 is 0 Å². The number of aromatic nitrogens is 1. The molecule has 0 aromatic carbocycles. The fourth-order valence-electron chi connectivity index (χ4n) is 1.87. The van der Waals surface area contributed by atoms with Gasteiger partial charge in [0.2, 0.25) is 0 Å². The average molecular weight is 265 g/mol. The molecule has 108 valence electrons. The highest BCUT2D eigenvalue weighted by atomic mass is 16.5. The number of anilines is 1. The Kier molecular flexibility index (Phi) is 7.45. The van der Waals surface area contributed by atoms with Gasteiger partial charge in [-0.1, -0.05) is 19.9 Å². The first-order chi connectivity index (χ1) is 9.17. The van der Waals surface area contributed by atoms with E-state index in [9.17, 15) is 0 Å². The van der Waals surface area contributed by atoms with Gasteiger partial charge in [0.15, 0.2) is 0 Å². The van der Waals surface area contributed by atoms with Crippen molar-refractivity contribution in [1.82, 2.24) is 10.3 Å². The zero-order valence-corrected chi connectivity index (χ0v) is 12.6. The standard InChI is InChI=1S/C15H27N3O/c1-5-18(9-10-19-4)15-8-6-7-14(17-15)12-16-11-13(2)3/h6-8,13,16H,5,9-12H2,1-4H3. The minimum absolute atomic E-state index is 0.664. The molecule has 0 aliphatic heterocycles. The third-order valence-corrected chi connectivity index (χ3v) is 2.92. The second kappa shape index (κ2) is 8.88. The maximum Gasteiger partial charge on any atom is 0.128 e. The number of rotatable bonds is 9. The van der Waals surface area contributed by atoms with E-state index in [1.165, 1.54) is 0 Å². The molecule has 0 saturated carbocycles. The topological polar surface area (TPSA) is 37.4 Å². The molecule has 0 unspecified atom stereocenters. The van der Waals surface area contributed by atoms with Crippen LogP contribution in [0.4, 0.5) is 5.82 Å². The van der Waals surface area contributed by atoms with Crippen molar-refractivity contribution in [1.29, 1.82) is 0 Å². The summed E-state index contributed by atoms with van der Waals surface area (Å²) >= 11 is 0. The number of methoxy groups -OCH3 is 1. The van der Waals surface area contributed by atoms with E-state index in [0.717, 1.165) is 44.3 Å². The van der Waals surface area contributed by atoms with Crippen LogP contribution in [0.1, 0.15) is 26.5 Å². The van der Waals surface area contributed by atoms with Gasteiger partial charge in [0.25, 0.3) is 0 Å². The molecule has 0 aliphatic rings. The van der Waals surface area contributed by atoms with Crippen LogP contribution in [0.25, 0.3) is 0 Å². The second-order valence-corrected chi connectivity index (χ2v) is 5.08. The van der Waals surface area contributed by atoms with Crippen LogP contribution in [-0.2, 0) is 11.3 Å². The lowest BCUT2D eigenvalue weighted by atomic mass is 10.2. The Morgan fingerprint density at radius 1 is 1.37 bits per heavy atom. The number of hydrogen-bond donors (Lipinski definition) is 1.